The highest BCUT2D eigenvalue weighted by molar-refractivity contribution is 7.80. The van der Waals surface area contributed by atoms with Gasteiger partial charge in [0.1, 0.15) is 4.99 Å². The normalized spacial score (nSPS) is 11.3. The second kappa shape index (κ2) is 5.69. The number of hydrogen-bond acceptors (Lipinski definition) is 2. The number of thiocarbonyl (C=S) groups is 1. The molecule has 0 amide bonds. The van der Waals surface area contributed by atoms with E-state index in [1.165, 1.54) is 0 Å². The van der Waals surface area contributed by atoms with Crippen LogP contribution in [0, 0.1) is 5.41 Å². The van der Waals surface area contributed by atoms with E-state index in [9.17, 15) is 0 Å². The van der Waals surface area contributed by atoms with Gasteiger partial charge in [0.15, 0.2) is 0 Å². The van der Waals surface area contributed by atoms with Crippen molar-refractivity contribution in [1.29, 1.82) is 0 Å². The first-order valence-corrected chi connectivity index (χ1v) is 6.47. The fourth-order valence-corrected chi connectivity index (χ4v) is 1.67. The maximum Gasteiger partial charge on any atom is 0.106 e. The first-order valence-electron chi connectivity index (χ1n) is 5.69. The van der Waals surface area contributed by atoms with Crippen LogP contribution in [0.5, 0.6) is 0 Å². The van der Waals surface area contributed by atoms with Crippen molar-refractivity contribution in [2.24, 2.45) is 11.1 Å². The molecule has 0 spiro atoms. The van der Waals surface area contributed by atoms with Crippen LogP contribution >= 0.6 is 23.8 Å². The molecule has 0 saturated heterocycles. The van der Waals surface area contributed by atoms with Crippen molar-refractivity contribution < 1.29 is 0 Å². The van der Waals surface area contributed by atoms with E-state index in [-0.39, 0.29) is 5.41 Å². The van der Waals surface area contributed by atoms with E-state index in [4.69, 9.17) is 29.6 Å². The number of rotatable bonds is 5. The molecule has 0 atom stereocenters. The Morgan fingerprint density at radius 2 is 2.12 bits per heavy atom. The number of hydrogen-bond donors (Lipinski definition) is 2. The first-order chi connectivity index (χ1) is 7.85. The first kappa shape index (κ1) is 14.3. The summed E-state index contributed by atoms with van der Waals surface area (Å²) in [4.78, 5) is 0.365. The smallest absolute Gasteiger partial charge is 0.106 e. The van der Waals surface area contributed by atoms with Crippen LogP contribution in [-0.4, -0.2) is 11.5 Å². The van der Waals surface area contributed by atoms with Crippen molar-refractivity contribution >= 4 is 34.5 Å². The zero-order valence-corrected chi connectivity index (χ0v) is 12.1. The molecule has 0 saturated carbocycles. The largest absolute Gasteiger partial charge is 0.389 e. The molecular formula is C13H19ClN2S. The van der Waals surface area contributed by atoms with Gasteiger partial charge in [0, 0.05) is 22.8 Å². The van der Waals surface area contributed by atoms with Gasteiger partial charge < -0.3 is 11.1 Å². The van der Waals surface area contributed by atoms with Crippen molar-refractivity contribution in [3.05, 3.63) is 28.8 Å². The minimum Gasteiger partial charge on any atom is -0.389 e. The molecule has 0 heterocycles. The second-order valence-electron chi connectivity index (χ2n) is 4.93. The second-order valence-corrected chi connectivity index (χ2v) is 5.80. The van der Waals surface area contributed by atoms with Gasteiger partial charge in [0.2, 0.25) is 0 Å². The fraction of sp³-hybridized carbons (Fsp3) is 0.462. The molecule has 0 aliphatic rings. The molecule has 2 nitrogen and oxygen atoms in total. The molecule has 0 bridgehead atoms. The van der Waals surface area contributed by atoms with Crippen LogP contribution in [0.25, 0.3) is 0 Å². The predicted octanol–water partition coefficient (Wildman–Crippen LogP) is 3.82. The van der Waals surface area contributed by atoms with E-state index in [1.807, 2.05) is 12.1 Å². The van der Waals surface area contributed by atoms with Crippen LogP contribution in [0.1, 0.15) is 32.8 Å². The van der Waals surface area contributed by atoms with Crippen LogP contribution in [-0.2, 0) is 0 Å². The van der Waals surface area contributed by atoms with Gasteiger partial charge in [-0.25, -0.2) is 0 Å². The topological polar surface area (TPSA) is 38.0 Å². The van der Waals surface area contributed by atoms with E-state index >= 15 is 0 Å². The molecule has 0 aromatic heterocycles. The van der Waals surface area contributed by atoms with Crippen molar-refractivity contribution in [2.75, 3.05) is 11.9 Å². The molecule has 0 fully saturated rings. The summed E-state index contributed by atoms with van der Waals surface area (Å²) in [6, 6.07) is 5.55. The van der Waals surface area contributed by atoms with Crippen LogP contribution in [0.4, 0.5) is 5.69 Å². The fourth-order valence-electron chi connectivity index (χ4n) is 1.33. The SMILES string of the molecule is CCC(C)(C)CNc1ccc(Cl)cc1C(N)=S. The Labute approximate surface area is 114 Å². The van der Waals surface area contributed by atoms with E-state index in [0.29, 0.717) is 10.0 Å². The summed E-state index contributed by atoms with van der Waals surface area (Å²) in [5, 5.41) is 4.03. The van der Waals surface area contributed by atoms with Gasteiger partial charge >= 0.3 is 0 Å². The van der Waals surface area contributed by atoms with Gasteiger partial charge in [-0.3, -0.25) is 0 Å². The summed E-state index contributed by atoms with van der Waals surface area (Å²) < 4.78 is 0. The number of anilines is 1. The van der Waals surface area contributed by atoms with Crippen LogP contribution in [0.2, 0.25) is 5.02 Å². The Balaban J connectivity index is 2.88. The van der Waals surface area contributed by atoms with Crippen molar-refractivity contribution in [1.82, 2.24) is 0 Å². The molecule has 0 aliphatic carbocycles. The van der Waals surface area contributed by atoms with Gasteiger partial charge in [-0.05, 0) is 30.0 Å². The lowest BCUT2D eigenvalue weighted by atomic mass is 9.90. The van der Waals surface area contributed by atoms with Crippen LogP contribution < -0.4 is 11.1 Å². The van der Waals surface area contributed by atoms with Crippen molar-refractivity contribution in [2.45, 2.75) is 27.2 Å². The highest BCUT2D eigenvalue weighted by Gasteiger charge is 2.15. The summed E-state index contributed by atoms with van der Waals surface area (Å²) in [7, 11) is 0. The highest BCUT2D eigenvalue weighted by Crippen LogP contribution is 2.24. The molecule has 94 valence electrons. The van der Waals surface area contributed by atoms with Gasteiger partial charge in [-0.1, -0.05) is 44.6 Å². The molecule has 17 heavy (non-hydrogen) atoms. The van der Waals surface area contributed by atoms with Crippen LogP contribution in [0.3, 0.4) is 0 Å². The van der Waals surface area contributed by atoms with Gasteiger partial charge in [0.25, 0.3) is 0 Å². The minimum atomic E-state index is 0.243. The Morgan fingerprint density at radius 1 is 1.47 bits per heavy atom. The third-order valence-corrected chi connectivity index (χ3v) is 3.42. The summed E-state index contributed by atoms with van der Waals surface area (Å²) >= 11 is 11.0. The number of nitrogens with two attached hydrogens (primary N) is 1. The molecule has 0 unspecified atom stereocenters. The third-order valence-electron chi connectivity index (χ3n) is 2.96. The lowest BCUT2D eigenvalue weighted by Gasteiger charge is -2.24. The molecule has 0 radical (unpaired) electrons. The van der Waals surface area contributed by atoms with E-state index < -0.39 is 0 Å². The van der Waals surface area contributed by atoms with E-state index in [0.717, 1.165) is 24.2 Å². The quantitative estimate of drug-likeness (QED) is 0.799. The molecular weight excluding hydrogens is 252 g/mol. The molecule has 1 rings (SSSR count). The highest BCUT2D eigenvalue weighted by atomic mass is 35.5. The predicted molar refractivity (Wildman–Crippen MR) is 79.9 cm³/mol. The number of nitrogens with one attached hydrogen (secondary N) is 1. The molecule has 0 aliphatic heterocycles. The maximum atomic E-state index is 5.94. The molecule has 4 heteroatoms. The molecule has 3 N–H and O–H groups in total. The lowest BCUT2D eigenvalue weighted by molar-refractivity contribution is 0.377. The third kappa shape index (κ3) is 4.17. The van der Waals surface area contributed by atoms with E-state index in [2.05, 4.69) is 26.1 Å². The van der Waals surface area contributed by atoms with Crippen LogP contribution in [0.15, 0.2) is 18.2 Å². The maximum absolute atomic E-state index is 5.94. The Morgan fingerprint density at radius 3 is 2.65 bits per heavy atom. The van der Waals surface area contributed by atoms with Crippen molar-refractivity contribution in [3.8, 4) is 0 Å². The lowest BCUT2D eigenvalue weighted by Crippen LogP contribution is -2.23. The van der Waals surface area contributed by atoms with E-state index in [1.54, 1.807) is 6.07 Å². The Kier molecular flexibility index (Phi) is 4.78. The summed E-state index contributed by atoms with van der Waals surface area (Å²) in [5.74, 6) is 0. The van der Waals surface area contributed by atoms with Gasteiger partial charge in [0.05, 0.1) is 0 Å². The Bertz CT molecular complexity index is 416. The number of halogens is 1. The number of benzene rings is 1. The molecule has 1 aromatic rings. The summed E-state index contributed by atoms with van der Waals surface area (Å²) in [6.45, 7) is 7.49. The Hall–Kier alpha value is -0.800. The van der Waals surface area contributed by atoms with Crippen molar-refractivity contribution in [3.63, 3.8) is 0 Å². The minimum absolute atomic E-state index is 0.243. The standard InChI is InChI=1S/C13H19ClN2S/c1-4-13(2,3)8-16-11-6-5-9(14)7-10(11)12(15)17/h5-7,16H,4,8H2,1-3H3,(H2,15,17). The molecule has 1 aromatic carbocycles. The zero-order chi connectivity index (χ0) is 13.1. The van der Waals surface area contributed by atoms with Gasteiger partial charge in [-0.15, -0.1) is 0 Å². The average molecular weight is 271 g/mol. The van der Waals surface area contributed by atoms with Gasteiger partial charge in [-0.2, -0.15) is 0 Å². The summed E-state index contributed by atoms with van der Waals surface area (Å²) in [6.07, 6.45) is 1.11. The zero-order valence-electron chi connectivity index (χ0n) is 10.5. The summed E-state index contributed by atoms with van der Waals surface area (Å²) in [5.41, 5.74) is 7.68. The average Bonchev–Trinajstić information content (AvgIpc) is 2.27. The monoisotopic (exact) mass is 270 g/mol.